The first-order valence-corrected chi connectivity index (χ1v) is 8.06. The average Bonchev–Trinajstić information content (AvgIpc) is 3.15. The molecule has 3 rings (SSSR count). The van der Waals surface area contributed by atoms with Crippen molar-refractivity contribution in [1.29, 1.82) is 0 Å². The molecule has 4 atom stereocenters. The molecule has 0 unspecified atom stereocenters. The molecule has 1 amide bonds. The van der Waals surface area contributed by atoms with Crippen LogP contribution in [0.2, 0.25) is 0 Å². The standard InChI is InChI=1S/C18H21NO4/c1-2-3-4-11-5-7-12(8-6-11)19-17(20)15-13-9-10-14(23-13)16(15)18(21)22/h5-10,13-16H,2-4H2,1H3,(H,19,20)(H,21,22)/t13-,14-,15-,16-/m0/s1. The Labute approximate surface area is 135 Å². The lowest BCUT2D eigenvalue weighted by Gasteiger charge is -2.21. The predicted molar refractivity (Wildman–Crippen MR) is 86.1 cm³/mol. The van der Waals surface area contributed by atoms with E-state index in [0.29, 0.717) is 5.69 Å². The molecule has 2 heterocycles. The number of ether oxygens (including phenoxy) is 1. The van der Waals surface area contributed by atoms with E-state index in [1.54, 1.807) is 12.2 Å². The van der Waals surface area contributed by atoms with E-state index in [9.17, 15) is 14.7 Å². The first kappa shape index (κ1) is 15.7. The van der Waals surface area contributed by atoms with E-state index in [-0.39, 0.29) is 5.91 Å². The molecular weight excluding hydrogens is 294 g/mol. The highest BCUT2D eigenvalue weighted by molar-refractivity contribution is 5.96. The van der Waals surface area contributed by atoms with Crippen LogP contribution in [0.15, 0.2) is 36.4 Å². The van der Waals surface area contributed by atoms with Crippen LogP contribution in [0.1, 0.15) is 25.3 Å². The lowest BCUT2D eigenvalue weighted by atomic mass is 9.82. The van der Waals surface area contributed by atoms with E-state index in [2.05, 4.69) is 12.2 Å². The second kappa shape index (κ2) is 6.54. The molecule has 2 N–H and O–H groups in total. The van der Waals surface area contributed by atoms with Crippen molar-refractivity contribution in [2.45, 2.75) is 38.4 Å². The van der Waals surface area contributed by atoms with Gasteiger partial charge in [-0.3, -0.25) is 9.59 Å². The molecule has 0 saturated carbocycles. The van der Waals surface area contributed by atoms with Gasteiger partial charge in [0.15, 0.2) is 0 Å². The molecule has 1 fully saturated rings. The van der Waals surface area contributed by atoms with Crippen LogP contribution in [-0.2, 0) is 20.7 Å². The van der Waals surface area contributed by atoms with Gasteiger partial charge in [-0.1, -0.05) is 37.6 Å². The van der Waals surface area contributed by atoms with Gasteiger partial charge in [0.1, 0.15) is 5.92 Å². The maximum Gasteiger partial charge on any atom is 0.310 e. The van der Waals surface area contributed by atoms with Gasteiger partial charge < -0.3 is 15.2 Å². The highest BCUT2D eigenvalue weighted by Gasteiger charge is 2.53. The number of hydrogen-bond acceptors (Lipinski definition) is 3. The first-order chi connectivity index (χ1) is 11.1. The van der Waals surface area contributed by atoms with Crippen molar-refractivity contribution in [1.82, 2.24) is 0 Å². The predicted octanol–water partition coefficient (Wildman–Crippen LogP) is 2.62. The van der Waals surface area contributed by atoms with Crippen LogP contribution in [0.4, 0.5) is 5.69 Å². The van der Waals surface area contributed by atoms with Crippen molar-refractivity contribution < 1.29 is 19.4 Å². The third kappa shape index (κ3) is 3.15. The molecule has 5 nitrogen and oxygen atoms in total. The number of carbonyl (C=O) groups is 2. The third-order valence-corrected chi connectivity index (χ3v) is 4.53. The van der Waals surface area contributed by atoms with Crippen LogP contribution >= 0.6 is 0 Å². The number of aliphatic carboxylic acids is 1. The Hall–Kier alpha value is -2.14. The summed E-state index contributed by atoms with van der Waals surface area (Å²) in [5, 5.41) is 12.2. The normalized spacial score (nSPS) is 28.0. The molecule has 1 saturated heterocycles. The molecule has 0 spiro atoms. The number of amides is 1. The summed E-state index contributed by atoms with van der Waals surface area (Å²) < 4.78 is 5.53. The number of carboxylic acids is 1. The summed E-state index contributed by atoms with van der Waals surface area (Å²) in [6, 6.07) is 7.72. The molecule has 2 aliphatic rings. The largest absolute Gasteiger partial charge is 0.481 e. The van der Waals surface area contributed by atoms with Crippen molar-refractivity contribution in [2.24, 2.45) is 11.8 Å². The molecule has 1 aromatic carbocycles. The van der Waals surface area contributed by atoms with Gasteiger partial charge in [-0.25, -0.2) is 0 Å². The molecule has 2 bridgehead atoms. The fourth-order valence-corrected chi connectivity index (χ4v) is 3.28. The van der Waals surface area contributed by atoms with E-state index in [0.717, 1.165) is 19.3 Å². The Morgan fingerprint density at radius 1 is 1.13 bits per heavy atom. The Bertz CT molecular complexity index is 622. The fraction of sp³-hybridized carbons (Fsp3) is 0.444. The summed E-state index contributed by atoms with van der Waals surface area (Å²) >= 11 is 0. The number of fused-ring (bicyclic) bond motifs is 2. The van der Waals surface area contributed by atoms with Crippen LogP contribution in [0.25, 0.3) is 0 Å². The van der Waals surface area contributed by atoms with Crippen molar-refractivity contribution in [3.05, 3.63) is 42.0 Å². The van der Waals surface area contributed by atoms with Crippen LogP contribution < -0.4 is 5.32 Å². The summed E-state index contributed by atoms with van der Waals surface area (Å²) in [4.78, 5) is 23.9. The van der Waals surface area contributed by atoms with Crippen molar-refractivity contribution >= 4 is 17.6 Å². The molecule has 0 aliphatic carbocycles. The minimum absolute atomic E-state index is 0.296. The summed E-state index contributed by atoms with van der Waals surface area (Å²) in [5.74, 6) is -2.77. The van der Waals surface area contributed by atoms with E-state index in [4.69, 9.17) is 4.74 Å². The van der Waals surface area contributed by atoms with Gasteiger partial charge >= 0.3 is 5.97 Å². The maximum absolute atomic E-state index is 12.5. The summed E-state index contributed by atoms with van der Waals surface area (Å²) in [5.41, 5.74) is 1.92. The summed E-state index contributed by atoms with van der Waals surface area (Å²) in [6.45, 7) is 2.15. The number of benzene rings is 1. The quantitative estimate of drug-likeness (QED) is 0.791. The van der Waals surface area contributed by atoms with Gasteiger partial charge in [-0.15, -0.1) is 0 Å². The van der Waals surface area contributed by atoms with Crippen LogP contribution in [0.5, 0.6) is 0 Å². The second-order valence-electron chi connectivity index (χ2n) is 6.13. The topological polar surface area (TPSA) is 75.6 Å². The van der Waals surface area contributed by atoms with Crippen molar-refractivity contribution in [3.63, 3.8) is 0 Å². The number of hydrogen-bond donors (Lipinski definition) is 2. The van der Waals surface area contributed by atoms with Gasteiger partial charge in [0.2, 0.25) is 5.91 Å². The SMILES string of the molecule is CCCCc1ccc(NC(=O)[C@@H]2[C@@H](C(=O)O)[C@@H]3C=C[C@@H]2O3)cc1. The van der Waals surface area contributed by atoms with E-state index in [1.165, 1.54) is 5.56 Å². The van der Waals surface area contributed by atoms with Gasteiger partial charge in [0.25, 0.3) is 0 Å². The van der Waals surface area contributed by atoms with Crippen molar-refractivity contribution in [3.8, 4) is 0 Å². The first-order valence-electron chi connectivity index (χ1n) is 8.06. The minimum atomic E-state index is -0.989. The second-order valence-corrected chi connectivity index (χ2v) is 6.13. The third-order valence-electron chi connectivity index (χ3n) is 4.53. The van der Waals surface area contributed by atoms with Gasteiger partial charge in [-0.05, 0) is 30.5 Å². The van der Waals surface area contributed by atoms with Crippen LogP contribution in [0.3, 0.4) is 0 Å². The molecule has 23 heavy (non-hydrogen) atoms. The maximum atomic E-state index is 12.5. The number of nitrogens with one attached hydrogen (secondary N) is 1. The Kier molecular flexibility index (Phi) is 4.48. The van der Waals surface area contributed by atoms with E-state index >= 15 is 0 Å². The molecule has 0 radical (unpaired) electrons. The minimum Gasteiger partial charge on any atom is -0.481 e. The van der Waals surface area contributed by atoms with Gasteiger partial charge in [0, 0.05) is 5.69 Å². The monoisotopic (exact) mass is 315 g/mol. The number of aryl methyl sites for hydroxylation is 1. The average molecular weight is 315 g/mol. The van der Waals surface area contributed by atoms with Crippen molar-refractivity contribution in [2.75, 3.05) is 5.32 Å². The number of carbonyl (C=O) groups excluding carboxylic acids is 1. The zero-order valence-corrected chi connectivity index (χ0v) is 13.1. The smallest absolute Gasteiger partial charge is 0.310 e. The molecular formula is C18H21NO4. The Balaban J connectivity index is 1.67. The van der Waals surface area contributed by atoms with Gasteiger partial charge in [0.05, 0.1) is 18.1 Å². The number of rotatable bonds is 6. The summed E-state index contributed by atoms with van der Waals surface area (Å²) in [7, 11) is 0. The van der Waals surface area contributed by atoms with E-state index < -0.39 is 30.0 Å². The van der Waals surface area contributed by atoms with E-state index in [1.807, 2.05) is 24.3 Å². The Morgan fingerprint density at radius 2 is 1.78 bits per heavy atom. The molecule has 122 valence electrons. The lowest BCUT2D eigenvalue weighted by Crippen LogP contribution is -2.39. The fourth-order valence-electron chi connectivity index (χ4n) is 3.28. The molecule has 5 heteroatoms. The van der Waals surface area contributed by atoms with Crippen LogP contribution in [0, 0.1) is 11.8 Å². The zero-order valence-electron chi connectivity index (χ0n) is 13.1. The zero-order chi connectivity index (χ0) is 16.4. The number of anilines is 1. The number of carboxylic acid groups (broad SMARTS) is 1. The highest BCUT2D eigenvalue weighted by Crippen LogP contribution is 2.39. The lowest BCUT2D eigenvalue weighted by molar-refractivity contribution is -0.145. The van der Waals surface area contributed by atoms with Gasteiger partial charge in [-0.2, -0.15) is 0 Å². The highest BCUT2D eigenvalue weighted by atomic mass is 16.5. The van der Waals surface area contributed by atoms with Crippen LogP contribution in [-0.4, -0.2) is 29.2 Å². The number of unbranched alkanes of at least 4 members (excludes halogenated alkanes) is 1. The molecule has 0 aromatic heterocycles. The Morgan fingerprint density at radius 3 is 2.39 bits per heavy atom. The molecule has 2 aliphatic heterocycles. The molecule has 1 aromatic rings. The summed E-state index contributed by atoms with van der Waals surface area (Å²) in [6.07, 6.45) is 5.89.